The summed E-state index contributed by atoms with van der Waals surface area (Å²) >= 11 is 2.81. The summed E-state index contributed by atoms with van der Waals surface area (Å²) in [5.74, 6) is 2.17. The average molecular weight is 466 g/mol. The molecule has 5 rings (SSSR count). The lowest BCUT2D eigenvalue weighted by atomic mass is 10.1. The van der Waals surface area contributed by atoms with E-state index in [1.54, 1.807) is 16.5 Å². The van der Waals surface area contributed by atoms with Gasteiger partial charge in [0, 0.05) is 7.05 Å². The monoisotopic (exact) mass is 465 g/mol. The van der Waals surface area contributed by atoms with E-state index in [2.05, 4.69) is 5.38 Å². The topological polar surface area (TPSA) is 68.3 Å². The minimum atomic E-state index is -0.0567. The fourth-order valence-corrected chi connectivity index (χ4v) is 5.73. The second kappa shape index (κ2) is 8.60. The number of para-hydroxylation sites is 1. The number of rotatable bonds is 7. The molecular formula is C24H23N3O3S2. The molecule has 1 aliphatic carbocycles. The zero-order valence-corrected chi connectivity index (χ0v) is 19.5. The molecule has 4 aromatic rings. The summed E-state index contributed by atoms with van der Waals surface area (Å²) in [6, 6.07) is 13.3. The minimum Gasteiger partial charge on any atom is -0.464 e. The van der Waals surface area contributed by atoms with E-state index < -0.39 is 0 Å². The summed E-state index contributed by atoms with van der Waals surface area (Å²) in [5, 5.41) is 3.33. The number of hydrogen-bond donors (Lipinski definition) is 0. The van der Waals surface area contributed by atoms with E-state index in [-0.39, 0.29) is 17.2 Å². The summed E-state index contributed by atoms with van der Waals surface area (Å²) in [7, 11) is 1.75. The smallest absolute Gasteiger partial charge is 0.267 e. The average Bonchev–Trinajstić information content (AvgIpc) is 3.42. The lowest BCUT2D eigenvalue weighted by Crippen LogP contribution is -2.28. The zero-order valence-electron chi connectivity index (χ0n) is 17.9. The first-order valence-electron chi connectivity index (χ1n) is 10.5. The molecule has 164 valence electrons. The van der Waals surface area contributed by atoms with Crippen molar-refractivity contribution in [3.63, 3.8) is 0 Å². The van der Waals surface area contributed by atoms with Gasteiger partial charge in [0.05, 0.1) is 23.4 Å². The van der Waals surface area contributed by atoms with Crippen molar-refractivity contribution in [1.82, 2.24) is 14.5 Å². The first kappa shape index (κ1) is 21.0. The van der Waals surface area contributed by atoms with Gasteiger partial charge in [0.25, 0.3) is 5.56 Å². The third kappa shape index (κ3) is 4.12. The number of aromatic nitrogens is 2. The molecule has 1 fully saturated rings. The number of fused-ring (bicyclic) bond motifs is 1. The predicted molar refractivity (Wildman–Crippen MR) is 128 cm³/mol. The summed E-state index contributed by atoms with van der Waals surface area (Å²) in [6.07, 6.45) is 2.26. The molecule has 0 spiro atoms. The Kier molecular flexibility index (Phi) is 5.65. The molecule has 1 aliphatic rings. The fraction of sp³-hybridized carbons (Fsp3) is 0.292. The Labute approximate surface area is 193 Å². The second-order valence-corrected chi connectivity index (χ2v) is 9.87. The molecule has 1 amide bonds. The number of thioether (sulfide) groups is 1. The van der Waals surface area contributed by atoms with Gasteiger partial charge in [0.1, 0.15) is 16.4 Å². The molecule has 0 saturated heterocycles. The van der Waals surface area contributed by atoms with Crippen LogP contribution in [0.3, 0.4) is 0 Å². The number of nitrogens with zero attached hydrogens (tertiary/aromatic N) is 3. The number of thiophene rings is 1. The summed E-state index contributed by atoms with van der Waals surface area (Å²) in [4.78, 5) is 33.6. The van der Waals surface area contributed by atoms with Crippen molar-refractivity contribution in [3.8, 4) is 5.69 Å². The van der Waals surface area contributed by atoms with Crippen LogP contribution in [0.4, 0.5) is 0 Å². The van der Waals surface area contributed by atoms with Crippen LogP contribution in [0, 0.1) is 6.92 Å². The number of hydrogen-bond acceptors (Lipinski definition) is 6. The Bertz CT molecular complexity index is 1340. The van der Waals surface area contributed by atoms with Crippen molar-refractivity contribution >= 4 is 39.2 Å². The number of aryl methyl sites for hydroxylation is 1. The third-order valence-corrected chi connectivity index (χ3v) is 7.39. The van der Waals surface area contributed by atoms with E-state index in [1.165, 1.54) is 23.1 Å². The van der Waals surface area contributed by atoms with Crippen molar-refractivity contribution in [2.45, 2.75) is 37.4 Å². The first-order valence-corrected chi connectivity index (χ1v) is 12.4. The maximum absolute atomic E-state index is 13.6. The lowest BCUT2D eigenvalue weighted by molar-refractivity contribution is -0.127. The number of amides is 1. The Hall–Kier alpha value is -2.84. The molecule has 32 heavy (non-hydrogen) atoms. The molecule has 0 aliphatic heterocycles. The largest absolute Gasteiger partial charge is 0.464 e. The van der Waals surface area contributed by atoms with Crippen molar-refractivity contribution < 1.29 is 9.21 Å². The third-order valence-electron chi connectivity index (χ3n) is 5.58. The van der Waals surface area contributed by atoms with E-state index in [9.17, 15) is 9.59 Å². The van der Waals surface area contributed by atoms with Gasteiger partial charge in [-0.25, -0.2) is 4.98 Å². The van der Waals surface area contributed by atoms with E-state index in [1.807, 2.05) is 49.4 Å². The SMILES string of the molecule is Cc1ccc(CN(C)C(=O)CSc2nc3scc(C4CC4)c3c(=O)n2-c2ccccc2)o1. The molecule has 0 N–H and O–H groups in total. The van der Waals surface area contributed by atoms with Gasteiger partial charge in [0.2, 0.25) is 5.91 Å². The molecule has 0 atom stereocenters. The molecular weight excluding hydrogens is 442 g/mol. The molecule has 8 heteroatoms. The Morgan fingerprint density at radius 2 is 2.03 bits per heavy atom. The molecule has 0 radical (unpaired) electrons. The van der Waals surface area contributed by atoms with Gasteiger partial charge in [-0.2, -0.15) is 0 Å². The van der Waals surface area contributed by atoms with Crippen molar-refractivity contribution in [3.05, 3.63) is 75.3 Å². The number of carbonyl (C=O) groups excluding carboxylic acids is 1. The van der Waals surface area contributed by atoms with Gasteiger partial charge in [-0.3, -0.25) is 14.2 Å². The van der Waals surface area contributed by atoms with Crippen LogP contribution in [0.2, 0.25) is 0 Å². The molecule has 0 unspecified atom stereocenters. The van der Waals surface area contributed by atoms with E-state index in [0.717, 1.165) is 45.8 Å². The van der Waals surface area contributed by atoms with Gasteiger partial charge in [-0.15, -0.1) is 11.3 Å². The highest BCUT2D eigenvalue weighted by Crippen LogP contribution is 2.44. The fourth-order valence-electron chi connectivity index (χ4n) is 3.72. The van der Waals surface area contributed by atoms with Crippen molar-refractivity contribution in [2.24, 2.45) is 0 Å². The van der Waals surface area contributed by atoms with Crippen LogP contribution in [-0.2, 0) is 11.3 Å². The number of furan rings is 1. The van der Waals surface area contributed by atoms with Crippen LogP contribution in [0.5, 0.6) is 0 Å². The van der Waals surface area contributed by atoms with Gasteiger partial charge < -0.3 is 9.32 Å². The molecule has 3 aromatic heterocycles. The van der Waals surface area contributed by atoms with Crippen LogP contribution < -0.4 is 5.56 Å². The second-order valence-electron chi connectivity index (χ2n) is 8.07. The van der Waals surface area contributed by atoms with Crippen LogP contribution in [0.25, 0.3) is 15.9 Å². The van der Waals surface area contributed by atoms with Crippen molar-refractivity contribution in [2.75, 3.05) is 12.8 Å². The Morgan fingerprint density at radius 3 is 2.72 bits per heavy atom. The van der Waals surface area contributed by atoms with Crippen LogP contribution in [0.1, 0.15) is 35.8 Å². The Morgan fingerprint density at radius 1 is 1.25 bits per heavy atom. The number of benzene rings is 1. The van der Waals surface area contributed by atoms with Gasteiger partial charge in [0.15, 0.2) is 5.16 Å². The van der Waals surface area contributed by atoms with Gasteiger partial charge in [-0.1, -0.05) is 30.0 Å². The van der Waals surface area contributed by atoms with Crippen LogP contribution >= 0.6 is 23.1 Å². The molecule has 0 bridgehead atoms. The maximum Gasteiger partial charge on any atom is 0.267 e. The first-order chi connectivity index (χ1) is 15.5. The van der Waals surface area contributed by atoms with Gasteiger partial charge in [-0.05, 0) is 60.9 Å². The van der Waals surface area contributed by atoms with Crippen molar-refractivity contribution in [1.29, 1.82) is 0 Å². The molecule has 3 heterocycles. The van der Waals surface area contributed by atoms with Crippen LogP contribution in [-0.4, -0.2) is 33.2 Å². The number of carbonyl (C=O) groups is 1. The summed E-state index contributed by atoms with van der Waals surface area (Å²) in [5.41, 5.74) is 1.82. The highest BCUT2D eigenvalue weighted by Gasteiger charge is 2.29. The zero-order chi connectivity index (χ0) is 22.2. The maximum atomic E-state index is 13.6. The molecule has 1 saturated carbocycles. The normalized spacial score (nSPS) is 13.6. The quantitative estimate of drug-likeness (QED) is 0.285. The standard InChI is InChI=1S/C24H23N3O3S2/c1-15-8-11-18(30-15)12-26(2)20(28)14-32-24-25-22-21(19(13-31-22)16-9-10-16)23(29)27(24)17-6-4-3-5-7-17/h3-8,11,13,16H,9-10,12,14H2,1-2H3. The molecule has 1 aromatic carbocycles. The highest BCUT2D eigenvalue weighted by molar-refractivity contribution is 7.99. The molecule has 6 nitrogen and oxygen atoms in total. The Balaban J connectivity index is 1.45. The predicted octanol–water partition coefficient (Wildman–Crippen LogP) is 4.98. The van der Waals surface area contributed by atoms with E-state index in [4.69, 9.17) is 9.40 Å². The summed E-state index contributed by atoms with van der Waals surface area (Å²) < 4.78 is 7.23. The highest BCUT2D eigenvalue weighted by atomic mass is 32.2. The lowest BCUT2D eigenvalue weighted by Gasteiger charge is -2.16. The van der Waals surface area contributed by atoms with E-state index in [0.29, 0.717) is 17.6 Å². The van der Waals surface area contributed by atoms with E-state index >= 15 is 0 Å². The summed E-state index contributed by atoms with van der Waals surface area (Å²) in [6.45, 7) is 2.28. The van der Waals surface area contributed by atoms with Crippen LogP contribution in [0.15, 0.2) is 62.2 Å². The minimum absolute atomic E-state index is 0.0529. The van der Waals surface area contributed by atoms with Gasteiger partial charge >= 0.3 is 0 Å².